The number of nitrogens with zero attached hydrogens (tertiary/aromatic N) is 1. The molecule has 0 spiro atoms. The van der Waals surface area contributed by atoms with E-state index in [0.717, 1.165) is 12.8 Å². The van der Waals surface area contributed by atoms with Gasteiger partial charge in [-0.25, -0.2) is 4.79 Å². The van der Waals surface area contributed by atoms with Gasteiger partial charge in [-0.15, -0.1) is 0 Å². The summed E-state index contributed by atoms with van der Waals surface area (Å²) in [6.07, 6.45) is 6.65. The third-order valence-corrected chi connectivity index (χ3v) is 1.58. The molecular formula is C9H11NO2. The summed E-state index contributed by atoms with van der Waals surface area (Å²) in [6, 6.07) is 0. The second-order valence-corrected chi connectivity index (χ2v) is 2.43. The Morgan fingerprint density at radius 2 is 2.58 bits per heavy atom. The molecular weight excluding hydrogens is 154 g/mol. The fourth-order valence-corrected chi connectivity index (χ4v) is 0.964. The van der Waals surface area contributed by atoms with Gasteiger partial charge in [0.1, 0.15) is 5.70 Å². The highest BCUT2D eigenvalue weighted by Crippen LogP contribution is 2.08. The maximum absolute atomic E-state index is 11.2. The third-order valence-electron chi connectivity index (χ3n) is 1.58. The zero-order valence-electron chi connectivity index (χ0n) is 6.99. The topological polar surface area (TPSA) is 29.5 Å². The van der Waals surface area contributed by atoms with Crippen LogP contribution in [0.25, 0.3) is 0 Å². The molecule has 1 aliphatic heterocycles. The van der Waals surface area contributed by atoms with Crippen molar-refractivity contribution < 1.29 is 9.53 Å². The summed E-state index contributed by atoms with van der Waals surface area (Å²) in [5.41, 5.74) is 0.553. The molecule has 64 valence electrons. The molecule has 1 rings (SSSR count). The van der Waals surface area contributed by atoms with Crippen LogP contribution in [0.5, 0.6) is 0 Å². The summed E-state index contributed by atoms with van der Waals surface area (Å²) in [7, 11) is 1.83. The van der Waals surface area contributed by atoms with Crippen LogP contribution in [0.1, 0.15) is 0 Å². The van der Waals surface area contributed by atoms with Gasteiger partial charge in [-0.1, -0.05) is 18.7 Å². The molecule has 3 heteroatoms. The van der Waals surface area contributed by atoms with Crippen molar-refractivity contribution in [3.05, 3.63) is 36.8 Å². The van der Waals surface area contributed by atoms with Crippen molar-refractivity contribution >= 4 is 5.97 Å². The zero-order valence-corrected chi connectivity index (χ0v) is 6.99. The number of ether oxygens (including phenoxy) is 1. The Labute approximate surface area is 71.6 Å². The van der Waals surface area contributed by atoms with E-state index >= 15 is 0 Å². The molecule has 0 amide bonds. The van der Waals surface area contributed by atoms with Gasteiger partial charge in [0.2, 0.25) is 0 Å². The summed E-state index contributed by atoms with van der Waals surface area (Å²) in [4.78, 5) is 13.0. The van der Waals surface area contributed by atoms with E-state index in [1.807, 2.05) is 24.1 Å². The molecule has 3 nitrogen and oxygen atoms in total. The standard InChI is InChI=1S/C9H11NO2/c1-3-12-9(11)8-6-4-5-7-10(8)2/h3-6H,1,7H2,2H3. The summed E-state index contributed by atoms with van der Waals surface area (Å²) < 4.78 is 4.63. The number of hydrogen-bond acceptors (Lipinski definition) is 3. The minimum atomic E-state index is -0.364. The molecule has 0 saturated carbocycles. The van der Waals surface area contributed by atoms with Crippen molar-refractivity contribution in [2.45, 2.75) is 0 Å². The molecule has 0 fully saturated rings. The van der Waals surface area contributed by atoms with Gasteiger partial charge in [-0.2, -0.15) is 0 Å². The van der Waals surface area contributed by atoms with Gasteiger partial charge in [0.05, 0.1) is 6.26 Å². The van der Waals surface area contributed by atoms with Crippen LogP contribution in [-0.2, 0) is 9.53 Å². The third kappa shape index (κ3) is 1.75. The highest BCUT2D eigenvalue weighted by Gasteiger charge is 2.14. The lowest BCUT2D eigenvalue weighted by Gasteiger charge is -2.20. The van der Waals surface area contributed by atoms with E-state index in [-0.39, 0.29) is 5.97 Å². The van der Waals surface area contributed by atoms with E-state index in [9.17, 15) is 4.79 Å². The largest absolute Gasteiger partial charge is 0.430 e. The molecule has 0 aromatic rings. The van der Waals surface area contributed by atoms with E-state index in [4.69, 9.17) is 0 Å². The van der Waals surface area contributed by atoms with Crippen molar-refractivity contribution in [1.82, 2.24) is 4.90 Å². The molecule has 0 aromatic carbocycles. The minimum Gasteiger partial charge on any atom is -0.430 e. The number of rotatable bonds is 2. The number of hydrogen-bond donors (Lipinski definition) is 0. The van der Waals surface area contributed by atoms with Gasteiger partial charge in [0.15, 0.2) is 0 Å². The number of esters is 1. The summed E-state index contributed by atoms with van der Waals surface area (Å²) in [5.74, 6) is -0.364. The molecule has 0 aliphatic carbocycles. The van der Waals surface area contributed by atoms with Crippen molar-refractivity contribution in [3.8, 4) is 0 Å². The maximum Gasteiger partial charge on any atom is 0.359 e. The lowest BCUT2D eigenvalue weighted by atomic mass is 10.2. The zero-order chi connectivity index (χ0) is 8.97. The smallest absolute Gasteiger partial charge is 0.359 e. The lowest BCUT2D eigenvalue weighted by Crippen LogP contribution is -2.25. The fourth-order valence-electron chi connectivity index (χ4n) is 0.964. The normalized spacial score (nSPS) is 15.4. The predicted molar refractivity (Wildman–Crippen MR) is 46.1 cm³/mol. The molecule has 0 saturated heterocycles. The maximum atomic E-state index is 11.2. The predicted octanol–water partition coefficient (Wildman–Crippen LogP) is 1.06. The van der Waals surface area contributed by atoms with Gasteiger partial charge < -0.3 is 9.64 Å². The molecule has 0 atom stereocenters. The summed E-state index contributed by atoms with van der Waals surface area (Å²) >= 11 is 0. The monoisotopic (exact) mass is 165 g/mol. The average molecular weight is 165 g/mol. The lowest BCUT2D eigenvalue weighted by molar-refractivity contribution is -0.135. The van der Waals surface area contributed by atoms with Gasteiger partial charge in [-0.3, -0.25) is 0 Å². The van der Waals surface area contributed by atoms with E-state index < -0.39 is 0 Å². The van der Waals surface area contributed by atoms with Crippen molar-refractivity contribution in [2.24, 2.45) is 0 Å². The Bertz CT molecular complexity index is 253. The fraction of sp³-hybridized carbons (Fsp3) is 0.222. The van der Waals surface area contributed by atoms with Crippen LogP contribution in [0.3, 0.4) is 0 Å². The number of carbonyl (C=O) groups excluding carboxylic acids is 1. The Hall–Kier alpha value is -1.51. The first-order chi connectivity index (χ1) is 5.75. The number of carbonyl (C=O) groups is 1. The van der Waals surface area contributed by atoms with Gasteiger partial charge >= 0.3 is 5.97 Å². The van der Waals surface area contributed by atoms with E-state index in [1.54, 1.807) is 6.08 Å². The van der Waals surface area contributed by atoms with E-state index in [2.05, 4.69) is 11.3 Å². The first-order valence-corrected chi connectivity index (χ1v) is 3.65. The van der Waals surface area contributed by atoms with Gasteiger partial charge in [-0.05, 0) is 6.08 Å². The van der Waals surface area contributed by atoms with Crippen LogP contribution < -0.4 is 0 Å². The Balaban J connectivity index is 2.71. The highest BCUT2D eigenvalue weighted by molar-refractivity contribution is 5.88. The number of likely N-dealkylation sites (N-methyl/N-ethyl adjacent to an activating group) is 1. The van der Waals surface area contributed by atoms with Crippen LogP contribution >= 0.6 is 0 Å². The highest BCUT2D eigenvalue weighted by atomic mass is 16.5. The molecule has 0 unspecified atom stereocenters. The summed E-state index contributed by atoms with van der Waals surface area (Å²) in [6.45, 7) is 4.05. The second kappa shape index (κ2) is 3.76. The minimum absolute atomic E-state index is 0.364. The molecule has 0 N–H and O–H groups in total. The molecule has 1 heterocycles. The summed E-state index contributed by atoms with van der Waals surface area (Å²) in [5, 5.41) is 0. The SMILES string of the molecule is C=COC(=O)C1=CC=CCN1C. The molecule has 12 heavy (non-hydrogen) atoms. The Morgan fingerprint density at radius 3 is 3.17 bits per heavy atom. The van der Waals surface area contributed by atoms with E-state index in [0.29, 0.717) is 5.70 Å². The quantitative estimate of drug-likeness (QED) is 0.452. The molecule has 0 bridgehead atoms. The first-order valence-electron chi connectivity index (χ1n) is 3.65. The molecule has 1 aliphatic rings. The Morgan fingerprint density at radius 1 is 1.83 bits per heavy atom. The van der Waals surface area contributed by atoms with Crippen molar-refractivity contribution in [3.63, 3.8) is 0 Å². The molecule has 0 aromatic heterocycles. The van der Waals surface area contributed by atoms with E-state index in [1.165, 1.54) is 0 Å². The number of allylic oxidation sites excluding steroid dienone is 2. The van der Waals surface area contributed by atoms with Crippen molar-refractivity contribution in [2.75, 3.05) is 13.6 Å². The van der Waals surface area contributed by atoms with Crippen LogP contribution in [0.2, 0.25) is 0 Å². The van der Waals surface area contributed by atoms with Crippen molar-refractivity contribution in [1.29, 1.82) is 0 Å². The Kier molecular flexibility index (Phi) is 2.69. The van der Waals surface area contributed by atoms with Gasteiger partial charge in [0.25, 0.3) is 0 Å². The van der Waals surface area contributed by atoms with Crippen LogP contribution in [-0.4, -0.2) is 24.5 Å². The van der Waals surface area contributed by atoms with Crippen LogP contribution in [0, 0.1) is 0 Å². The van der Waals surface area contributed by atoms with Gasteiger partial charge in [0, 0.05) is 13.6 Å². The van der Waals surface area contributed by atoms with Crippen LogP contribution in [0.15, 0.2) is 36.8 Å². The first kappa shape index (κ1) is 8.59. The van der Waals surface area contributed by atoms with Crippen LogP contribution in [0.4, 0.5) is 0 Å². The molecule has 0 radical (unpaired) electrons. The second-order valence-electron chi connectivity index (χ2n) is 2.43. The average Bonchev–Trinajstić information content (AvgIpc) is 2.05.